The van der Waals surface area contributed by atoms with E-state index in [1.165, 1.54) is 35.3 Å². The summed E-state index contributed by atoms with van der Waals surface area (Å²) in [6.07, 6.45) is -4.09. The van der Waals surface area contributed by atoms with E-state index in [2.05, 4.69) is 10.1 Å². The van der Waals surface area contributed by atoms with Crippen LogP contribution in [0.25, 0.3) is 0 Å². The lowest BCUT2D eigenvalue weighted by Crippen LogP contribution is -2.32. The van der Waals surface area contributed by atoms with Crippen LogP contribution in [0.5, 0.6) is 0 Å². The smallest absolute Gasteiger partial charge is 0.435 e. The third-order valence-corrected chi connectivity index (χ3v) is 6.16. The van der Waals surface area contributed by atoms with Crippen molar-refractivity contribution in [2.45, 2.75) is 45.5 Å². The van der Waals surface area contributed by atoms with Gasteiger partial charge in [0, 0.05) is 31.1 Å². The van der Waals surface area contributed by atoms with Crippen molar-refractivity contribution in [1.82, 2.24) is 19.7 Å². The lowest BCUT2D eigenvalue weighted by atomic mass is 10.1. The Hall–Kier alpha value is -3.28. The number of hydrogen-bond donors (Lipinski definition) is 0. The van der Waals surface area contributed by atoms with E-state index in [9.17, 15) is 27.2 Å². The van der Waals surface area contributed by atoms with Crippen LogP contribution in [-0.4, -0.2) is 45.1 Å². The van der Waals surface area contributed by atoms with E-state index in [1.54, 1.807) is 31.5 Å². The first-order valence-corrected chi connectivity index (χ1v) is 11.6. The Morgan fingerprint density at radius 1 is 1.23 bits per heavy atom. The van der Waals surface area contributed by atoms with Gasteiger partial charge in [0.25, 0.3) is 0 Å². The second-order valence-corrected chi connectivity index (χ2v) is 8.91. The van der Waals surface area contributed by atoms with Gasteiger partial charge >= 0.3 is 12.1 Å². The lowest BCUT2D eigenvalue weighted by Gasteiger charge is -2.17. The Balaban J connectivity index is 1.46. The van der Waals surface area contributed by atoms with Gasteiger partial charge in [-0.25, -0.2) is 14.2 Å². The zero-order valence-electron chi connectivity index (χ0n) is 19.3. The summed E-state index contributed by atoms with van der Waals surface area (Å²) in [5.41, 5.74) is 0.0338. The minimum Gasteiger partial charge on any atom is -0.453 e. The summed E-state index contributed by atoms with van der Waals surface area (Å²) in [5.74, 6) is -1.34. The van der Waals surface area contributed by atoms with Gasteiger partial charge in [0.1, 0.15) is 18.5 Å². The van der Waals surface area contributed by atoms with Crippen LogP contribution in [0.1, 0.15) is 51.9 Å². The van der Waals surface area contributed by atoms with Gasteiger partial charge in [-0.3, -0.25) is 9.48 Å². The van der Waals surface area contributed by atoms with E-state index in [-0.39, 0.29) is 29.7 Å². The number of carbonyl (C=O) groups excluding carboxylic acids is 2. The van der Waals surface area contributed by atoms with Gasteiger partial charge < -0.3 is 9.64 Å². The molecule has 0 aliphatic carbocycles. The number of benzene rings is 1. The van der Waals surface area contributed by atoms with Gasteiger partial charge in [0.05, 0.1) is 5.01 Å². The van der Waals surface area contributed by atoms with E-state index in [0.717, 1.165) is 10.7 Å². The zero-order valence-corrected chi connectivity index (χ0v) is 20.1. The molecular weight excluding hydrogens is 488 g/mol. The molecule has 188 valence electrons. The van der Waals surface area contributed by atoms with Gasteiger partial charge in [-0.05, 0) is 44.0 Å². The molecule has 2 aromatic heterocycles. The highest BCUT2D eigenvalue weighted by Crippen LogP contribution is 2.28. The van der Waals surface area contributed by atoms with E-state index in [4.69, 9.17) is 4.74 Å². The fraction of sp³-hybridized carbons (Fsp3) is 0.391. The molecule has 35 heavy (non-hydrogen) atoms. The van der Waals surface area contributed by atoms with E-state index in [1.807, 2.05) is 0 Å². The largest absolute Gasteiger partial charge is 0.453 e. The number of ether oxygens (including phenoxy) is 1. The van der Waals surface area contributed by atoms with Gasteiger partial charge in [-0.2, -0.15) is 18.3 Å². The first-order valence-electron chi connectivity index (χ1n) is 10.7. The average molecular weight is 513 g/mol. The van der Waals surface area contributed by atoms with Gasteiger partial charge in [0.2, 0.25) is 5.91 Å². The standard InChI is InChI=1S/C23H24F4N4O3S/c1-14-11-19(23(25,26)27)29-31(14)12-21(32)30(3)10-4-5-20-28-18(13-35-20)22(33)34-15(2)16-6-8-17(24)9-7-16/h6-9,11,13,15H,4-5,10,12H2,1-3H3. The molecule has 0 saturated heterocycles. The average Bonchev–Trinajstić information content (AvgIpc) is 3.41. The van der Waals surface area contributed by atoms with Crippen molar-refractivity contribution in [3.8, 4) is 0 Å². The molecule has 1 atom stereocenters. The Bertz CT molecular complexity index is 1170. The normalized spacial score (nSPS) is 12.4. The van der Waals surface area contributed by atoms with Crippen LogP contribution >= 0.6 is 11.3 Å². The van der Waals surface area contributed by atoms with E-state index in [0.29, 0.717) is 30.0 Å². The van der Waals surface area contributed by atoms with Gasteiger partial charge in [0.15, 0.2) is 11.4 Å². The predicted octanol–water partition coefficient (Wildman–Crippen LogP) is 4.82. The molecule has 3 aromatic rings. The minimum atomic E-state index is -4.57. The first kappa shape index (κ1) is 26.3. The Labute approximate surface area is 203 Å². The Morgan fingerprint density at radius 2 is 1.91 bits per heavy atom. The highest BCUT2D eigenvalue weighted by molar-refractivity contribution is 7.09. The van der Waals surface area contributed by atoms with Crippen LogP contribution in [0.4, 0.5) is 17.6 Å². The molecule has 0 fully saturated rings. The molecule has 0 aliphatic heterocycles. The Kier molecular flexibility index (Phi) is 8.26. The molecule has 1 amide bonds. The van der Waals surface area contributed by atoms with Crippen LogP contribution in [0.15, 0.2) is 35.7 Å². The molecule has 0 aliphatic rings. The van der Waals surface area contributed by atoms with Gasteiger partial charge in [-0.15, -0.1) is 11.3 Å². The maximum Gasteiger partial charge on any atom is 0.435 e. The molecule has 7 nitrogen and oxygen atoms in total. The number of likely N-dealkylation sites (N-methyl/N-ethyl adjacent to an activating group) is 1. The number of alkyl halides is 3. The molecule has 12 heteroatoms. The number of aryl methyl sites for hydroxylation is 2. The molecule has 0 saturated carbocycles. The zero-order chi connectivity index (χ0) is 25.8. The van der Waals surface area contributed by atoms with Crippen LogP contribution in [0.3, 0.4) is 0 Å². The van der Waals surface area contributed by atoms with Crippen molar-refractivity contribution in [2.24, 2.45) is 0 Å². The summed E-state index contributed by atoms with van der Waals surface area (Å²) in [7, 11) is 1.56. The molecule has 1 unspecified atom stereocenters. The van der Waals surface area contributed by atoms with Crippen molar-refractivity contribution in [3.63, 3.8) is 0 Å². The lowest BCUT2D eigenvalue weighted by molar-refractivity contribution is -0.142. The number of carbonyl (C=O) groups is 2. The molecule has 3 rings (SSSR count). The topological polar surface area (TPSA) is 77.3 Å². The summed E-state index contributed by atoms with van der Waals surface area (Å²) in [6, 6.07) is 6.57. The summed E-state index contributed by atoms with van der Waals surface area (Å²) in [6.45, 7) is 3.20. The molecular formula is C23H24F4N4O3S. The van der Waals surface area contributed by atoms with Crippen molar-refractivity contribution in [2.75, 3.05) is 13.6 Å². The summed E-state index contributed by atoms with van der Waals surface area (Å²) in [4.78, 5) is 30.4. The third kappa shape index (κ3) is 7.10. The number of aromatic nitrogens is 3. The first-order chi connectivity index (χ1) is 16.4. The van der Waals surface area contributed by atoms with Crippen LogP contribution < -0.4 is 0 Å². The fourth-order valence-electron chi connectivity index (χ4n) is 3.19. The minimum absolute atomic E-state index is 0.165. The van der Waals surface area contributed by atoms with Crippen LogP contribution in [0.2, 0.25) is 0 Å². The maximum atomic E-state index is 13.1. The number of thiazole rings is 1. The molecule has 0 radical (unpaired) electrons. The monoisotopic (exact) mass is 512 g/mol. The van der Waals surface area contributed by atoms with Crippen molar-refractivity contribution < 1.29 is 31.9 Å². The number of hydrogen-bond acceptors (Lipinski definition) is 6. The number of halogens is 4. The highest BCUT2D eigenvalue weighted by Gasteiger charge is 2.34. The van der Waals surface area contributed by atoms with Crippen molar-refractivity contribution in [3.05, 3.63) is 69.2 Å². The second-order valence-electron chi connectivity index (χ2n) is 7.97. The van der Waals surface area contributed by atoms with Gasteiger partial charge in [-0.1, -0.05) is 12.1 Å². The van der Waals surface area contributed by atoms with Crippen molar-refractivity contribution >= 4 is 23.2 Å². The molecule has 0 N–H and O–H groups in total. The van der Waals surface area contributed by atoms with Crippen molar-refractivity contribution in [1.29, 1.82) is 0 Å². The number of esters is 1. The van der Waals surface area contributed by atoms with Crippen LogP contribution in [0, 0.1) is 12.7 Å². The predicted molar refractivity (Wildman–Crippen MR) is 120 cm³/mol. The molecule has 2 heterocycles. The Morgan fingerprint density at radius 3 is 2.54 bits per heavy atom. The third-order valence-electron chi connectivity index (χ3n) is 5.25. The van der Waals surface area contributed by atoms with E-state index >= 15 is 0 Å². The highest BCUT2D eigenvalue weighted by atomic mass is 32.1. The molecule has 0 bridgehead atoms. The SMILES string of the molecule is Cc1cc(C(F)(F)F)nn1CC(=O)N(C)CCCc1nc(C(=O)OC(C)c2ccc(F)cc2)cs1. The maximum absolute atomic E-state index is 13.1. The van der Waals surface area contributed by atoms with Crippen LogP contribution in [-0.2, 0) is 28.7 Å². The second kappa shape index (κ2) is 11.0. The molecule has 1 aromatic carbocycles. The summed E-state index contributed by atoms with van der Waals surface area (Å²) < 4.78 is 57.9. The van der Waals surface area contributed by atoms with E-state index < -0.39 is 23.9 Å². The summed E-state index contributed by atoms with van der Waals surface area (Å²) >= 11 is 1.29. The quantitative estimate of drug-likeness (QED) is 0.304. The molecule has 0 spiro atoms. The number of amides is 1. The number of nitrogens with zero attached hydrogens (tertiary/aromatic N) is 4. The summed E-state index contributed by atoms with van der Waals surface area (Å²) in [5, 5.41) is 5.74. The fourth-order valence-corrected chi connectivity index (χ4v) is 4.00. The number of rotatable bonds is 9.